The third-order valence-electron chi connectivity index (χ3n) is 4.13. The maximum atomic E-state index is 12.4. The molecule has 1 aromatic carbocycles. The van der Waals surface area contributed by atoms with Crippen LogP contribution in [0.25, 0.3) is 0 Å². The molecule has 0 aromatic heterocycles. The maximum absolute atomic E-state index is 12.4. The van der Waals surface area contributed by atoms with Crippen LogP contribution in [0, 0.1) is 18.3 Å². The Kier molecular flexibility index (Phi) is 3.08. The number of anilines is 1. The number of hydrogen-bond acceptors (Lipinski definition) is 3. The zero-order chi connectivity index (χ0) is 14.4. The second-order valence-electron chi connectivity index (χ2n) is 5.19. The van der Waals surface area contributed by atoms with E-state index in [1.165, 1.54) is 0 Å². The SMILES string of the molecule is Cc1c(N2CC3C(O)CCN3C2=O)ccc(C#N)c1Cl. The third kappa shape index (κ3) is 1.76. The summed E-state index contributed by atoms with van der Waals surface area (Å²) in [5, 5.41) is 19.2. The van der Waals surface area contributed by atoms with E-state index in [9.17, 15) is 9.90 Å². The molecule has 2 aliphatic rings. The third-order valence-corrected chi connectivity index (χ3v) is 4.61. The van der Waals surface area contributed by atoms with Crippen LogP contribution in [-0.2, 0) is 0 Å². The van der Waals surface area contributed by atoms with Gasteiger partial charge in [-0.15, -0.1) is 0 Å². The zero-order valence-corrected chi connectivity index (χ0v) is 11.8. The summed E-state index contributed by atoms with van der Waals surface area (Å²) in [7, 11) is 0. The van der Waals surface area contributed by atoms with Crippen LogP contribution in [0.3, 0.4) is 0 Å². The van der Waals surface area contributed by atoms with Gasteiger partial charge in [0.1, 0.15) is 6.07 Å². The number of carbonyl (C=O) groups is 1. The number of rotatable bonds is 1. The van der Waals surface area contributed by atoms with Gasteiger partial charge in [0.25, 0.3) is 0 Å². The Balaban J connectivity index is 1.98. The van der Waals surface area contributed by atoms with Crippen molar-refractivity contribution >= 4 is 23.3 Å². The molecule has 0 radical (unpaired) electrons. The number of fused-ring (bicyclic) bond motifs is 1. The van der Waals surface area contributed by atoms with Crippen molar-refractivity contribution in [3.8, 4) is 6.07 Å². The van der Waals surface area contributed by atoms with Gasteiger partial charge < -0.3 is 10.0 Å². The van der Waals surface area contributed by atoms with Crippen LogP contribution in [0.4, 0.5) is 10.5 Å². The summed E-state index contributed by atoms with van der Waals surface area (Å²) >= 11 is 6.15. The fourth-order valence-corrected chi connectivity index (χ4v) is 3.17. The molecule has 2 aliphatic heterocycles. The highest BCUT2D eigenvalue weighted by Gasteiger charge is 2.45. The van der Waals surface area contributed by atoms with Gasteiger partial charge in [-0.25, -0.2) is 4.79 Å². The first-order chi connectivity index (χ1) is 9.54. The molecule has 0 saturated carbocycles. The van der Waals surface area contributed by atoms with Crippen molar-refractivity contribution in [1.29, 1.82) is 5.26 Å². The van der Waals surface area contributed by atoms with Gasteiger partial charge in [0.15, 0.2) is 0 Å². The van der Waals surface area contributed by atoms with E-state index < -0.39 is 6.10 Å². The van der Waals surface area contributed by atoms with Crippen LogP contribution < -0.4 is 4.90 Å². The van der Waals surface area contributed by atoms with E-state index in [4.69, 9.17) is 16.9 Å². The predicted octanol–water partition coefficient (Wildman–Crippen LogP) is 1.90. The molecule has 2 fully saturated rings. The normalized spacial score (nSPS) is 25.0. The molecule has 104 valence electrons. The molecule has 2 heterocycles. The van der Waals surface area contributed by atoms with Gasteiger partial charge in [0.2, 0.25) is 0 Å². The number of benzene rings is 1. The van der Waals surface area contributed by atoms with Crippen LogP contribution in [-0.4, -0.2) is 41.3 Å². The molecule has 0 aliphatic carbocycles. The van der Waals surface area contributed by atoms with E-state index in [0.717, 1.165) is 5.56 Å². The monoisotopic (exact) mass is 291 g/mol. The zero-order valence-electron chi connectivity index (χ0n) is 11.0. The summed E-state index contributed by atoms with van der Waals surface area (Å²) in [6.07, 6.45) is 0.176. The number of nitriles is 1. The van der Waals surface area contributed by atoms with E-state index in [-0.39, 0.29) is 12.1 Å². The molecule has 2 unspecified atom stereocenters. The summed E-state index contributed by atoms with van der Waals surface area (Å²) in [5.74, 6) is 0. The number of amides is 2. The number of hydrogen-bond donors (Lipinski definition) is 1. The molecule has 1 N–H and O–H groups in total. The molecule has 3 rings (SSSR count). The van der Waals surface area contributed by atoms with Crippen LogP contribution in [0.2, 0.25) is 5.02 Å². The first-order valence-electron chi connectivity index (χ1n) is 6.50. The molecule has 2 atom stereocenters. The molecule has 20 heavy (non-hydrogen) atoms. The lowest BCUT2D eigenvalue weighted by Gasteiger charge is -2.20. The van der Waals surface area contributed by atoms with Gasteiger partial charge in [-0.1, -0.05) is 11.6 Å². The minimum atomic E-state index is -0.460. The smallest absolute Gasteiger partial charge is 0.324 e. The molecule has 2 amide bonds. The minimum absolute atomic E-state index is 0.101. The van der Waals surface area contributed by atoms with Crippen molar-refractivity contribution in [2.24, 2.45) is 0 Å². The Labute approximate surface area is 122 Å². The van der Waals surface area contributed by atoms with Crippen molar-refractivity contribution in [2.75, 3.05) is 18.0 Å². The second kappa shape index (κ2) is 4.65. The van der Waals surface area contributed by atoms with Crippen molar-refractivity contribution in [3.63, 3.8) is 0 Å². The van der Waals surface area contributed by atoms with E-state index >= 15 is 0 Å². The van der Waals surface area contributed by atoms with Gasteiger partial charge in [-0.2, -0.15) is 5.26 Å². The quantitative estimate of drug-likeness (QED) is 0.859. The Morgan fingerprint density at radius 2 is 2.25 bits per heavy atom. The number of halogens is 1. The van der Waals surface area contributed by atoms with Gasteiger partial charge >= 0.3 is 6.03 Å². The molecule has 6 heteroatoms. The van der Waals surface area contributed by atoms with Gasteiger partial charge in [0.05, 0.1) is 29.3 Å². The lowest BCUT2D eigenvalue weighted by atomic mass is 10.1. The Hall–Kier alpha value is -1.77. The second-order valence-corrected chi connectivity index (χ2v) is 5.57. The fraction of sp³-hybridized carbons (Fsp3) is 0.429. The van der Waals surface area contributed by atoms with Gasteiger partial charge in [0, 0.05) is 12.2 Å². The molecular weight excluding hydrogens is 278 g/mol. The number of aliphatic hydroxyl groups excluding tert-OH is 1. The van der Waals surface area contributed by atoms with E-state index in [1.807, 2.05) is 6.07 Å². The molecular formula is C14H14ClN3O2. The lowest BCUT2D eigenvalue weighted by Crippen LogP contribution is -2.33. The minimum Gasteiger partial charge on any atom is -0.391 e. The average Bonchev–Trinajstić information content (AvgIpc) is 2.95. The van der Waals surface area contributed by atoms with Crippen molar-refractivity contribution in [2.45, 2.75) is 25.5 Å². The first kappa shape index (κ1) is 13.2. The standard InChI is InChI=1S/C14H14ClN3O2/c1-8-10(3-2-9(6-16)13(8)15)18-7-11-12(19)4-5-17(11)14(18)20/h2-3,11-12,19H,4-5,7H2,1H3. The lowest BCUT2D eigenvalue weighted by molar-refractivity contribution is 0.144. The molecule has 1 aromatic rings. The Morgan fingerprint density at radius 3 is 2.90 bits per heavy atom. The maximum Gasteiger partial charge on any atom is 0.324 e. The van der Waals surface area contributed by atoms with Crippen molar-refractivity contribution in [3.05, 3.63) is 28.3 Å². The number of aliphatic hydroxyl groups is 1. The van der Waals surface area contributed by atoms with E-state index in [1.54, 1.807) is 28.9 Å². The van der Waals surface area contributed by atoms with Crippen molar-refractivity contribution < 1.29 is 9.90 Å². The molecule has 2 saturated heterocycles. The number of nitrogens with zero attached hydrogens (tertiary/aromatic N) is 3. The Morgan fingerprint density at radius 1 is 1.50 bits per heavy atom. The van der Waals surface area contributed by atoms with Crippen LogP contribution in [0.5, 0.6) is 0 Å². The van der Waals surface area contributed by atoms with Gasteiger partial charge in [-0.05, 0) is 31.0 Å². The largest absolute Gasteiger partial charge is 0.391 e. The van der Waals surface area contributed by atoms with E-state index in [0.29, 0.717) is 35.8 Å². The number of urea groups is 1. The molecule has 5 nitrogen and oxygen atoms in total. The van der Waals surface area contributed by atoms with E-state index in [2.05, 4.69) is 0 Å². The summed E-state index contributed by atoms with van der Waals surface area (Å²) in [5.41, 5.74) is 1.83. The van der Waals surface area contributed by atoms with Crippen LogP contribution in [0.1, 0.15) is 17.5 Å². The fourth-order valence-electron chi connectivity index (χ4n) is 2.97. The summed E-state index contributed by atoms with van der Waals surface area (Å²) in [6.45, 7) is 2.85. The average molecular weight is 292 g/mol. The van der Waals surface area contributed by atoms with Crippen LogP contribution in [0.15, 0.2) is 12.1 Å². The molecule has 0 bridgehead atoms. The summed E-state index contributed by atoms with van der Waals surface area (Å²) < 4.78 is 0. The summed E-state index contributed by atoms with van der Waals surface area (Å²) in [4.78, 5) is 15.7. The summed E-state index contributed by atoms with van der Waals surface area (Å²) in [6, 6.07) is 5.15. The predicted molar refractivity (Wildman–Crippen MR) is 74.8 cm³/mol. The highest BCUT2D eigenvalue weighted by atomic mass is 35.5. The topological polar surface area (TPSA) is 67.6 Å². The molecule has 0 spiro atoms. The van der Waals surface area contributed by atoms with Gasteiger partial charge in [-0.3, -0.25) is 4.90 Å². The highest BCUT2D eigenvalue weighted by molar-refractivity contribution is 6.33. The first-order valence-corrected chi connectivity index (χ1v) is 6.87. The van der Waals surface area contributed by atoms with Crippen molar-refractivity contribution in [1.82, 2.24) is 4.90 Å². The highest BCUT2D eigenvalue weighted by Crippen LogP contribution is 2.35. The number of carbonyl (C=O) groups excluding carboxylic acids is 1. The Bertz CT molecular complexity index is 626. The van der Waals surface area contributed by atoms with Crippen LogP contribution >= 0.6 is 11.6 Å².